The van der Waals surface area contributed by atoms with Gasteiger partial charge in [0.25, 0.3) is 0 Å². The van der Waals surface area contributed by atoms with E-state index in [1.54, 1.807) is 6.07 Å². The Hall–Kier alpha value is -1.58. The Morgan fingerprint density at radius 2 is 2.14 bits per heavy atom. The Labute approximate surface area is 128 Å². The lowest BCUT2D eigenvalue weighted by molar-refractivity contribution is 0.299. The average molecular weight is 306 g/mol. The molecule has 0 aliphatic heterocycles. The van der Waals surface area contributed by atoms with E-state index in [0.29, 0.717) is 16.6 Å². The van der Waals surface area contributed by atoms with E-state index < -0.39 is 0 Å². The molecule has 0 spiro atoms. The molecule has 2 aromatic carbocycles. The van der Waals surface area contributed by atoms with Crippen LogP contribution in [-0.4, -0.2) is 7.05 Å². The largest absolute Gasteiger partial charge is 0.489 e. The van der Waals surface area contributed by atoms with Crippen LogP contribution in [-0.2, 0) is 13.0 Å². The lowest BCUT2D eigenvalue weighted by Crippen LogP contribution is -2.12. The Bertz CT molecular complexity index is 659. The Kier molecular flexibility index (Phi) is 4.13. The fourth-order valence-corrected chi connectivity index (χ4v) is 2.99. The third-order valence-corrected chi connectivity index (χ3v) is 4.18. The number of aryl methyl sites for hydroxylation is 1. The molecule has 0 fully saturated rings. The summed E-state index contributed by atoms with van der Waals surface area (Å²) in [6.07, 6.45) is 2.15. The van der Waals surface area contributed by atoms with Gasteiger partial charge in [-0.25, -0.2) is 4.39 Å². The normalized spacial score (nSPS) is 16.8. The maximum Gasteiger partial charge on any atom is 0.129 e. The van der Waals surface area contributed by atoms with Crippen molar-refractivity contribution >= 4 is 11.6 Å². The quantitative estimate of drug-likeness (QED) is 0.911. The third-order valence-electron chi connectivity index (χ3n) is 3.94. The molecule has 1 atom stereocenters. The van der Waals surface area contributed by atoms with Gasteiger partial charge in [-0.15, -0.1) is 0 Å². The summed E-state index contributed by atoms with van der Waals surface area (Å²) in [6, 6.07) is 11.0. The lowest BCUT2D eigenvalue weighted by Gasteiger charge is -2.12. The fraction of sp³-hybridized carbons (Fsp3) is 0.294. The molecule has 21 heavy (non-hydrogen) atoms. The molecule has 1 N–H and O–H groups in total. The molecular formula is C17H17ClFNO. The average Bonchev–Trinajstić information content (AvgIpc) is 2.90. The van der Waals surface area contributed by atoms with Gasteiger partial charge >= 0.3 is 0 Å². The monoisotopic (exact) mass is 305 g/mol. The number of halogens is 2. The van der Waals surface area contributed by atoms with Crippen molar-refractivity contribution in [1.82, 2.24) is 5.32 Å². The Morgan fingerprint density at radius 1 is 1.29 bits per heavy atom. The van der Waals surface area contributed by atoms with Gasteiger partial charge in [0.2, 0.25) is 0 Å². The van der Waals surface area contributed by atoms with E-state index in [1.165, 1.54) is 23.3 Å². The van der Waals surface area contributed by atoms with Crippen molar-refractivity contribution in [2.24, 2.45) is 0 Å². The van der Waals surface area contributed by atoms with Crippen LogP contribution in [0.2, 0.25) is 5.02 Å². The summed E-state index contributed by atoms with van der Waals surface area (Å²) in [5.41, 5.74) is 3.10. The zero-order valence-electron chi connectivity index (χ0n) is 11.8. The molecular weight excluding hydrogens is 289 g/mol. The van der Waals surface area contributed by atoms with E-state index in [1.807, 2.05) is 13.1 Å². The third kappa shape index (κ3) is 3.04. The molecule has 0 radical (unpaired) electrons. The highest BCUT2D eigenvalue weighted by molar-refractivity contribution is 6.30. The number of ether oxygens (including phenoxy) is 1. The van der Waals surface area contributed by atoms with Gasteiger partial charge in [0.15, 0.2) is 0 Å². The van der Waals surface area contributed by atoms with Crippen LogP contribution in [0.3, 0.4) is 0 Å². The second-order valence-corrected chi connectivity index (χ2v) is 5.70. The van der Waals surface area contributed by atoms with Crippen molar-refractivity contribution in [3.63, 3.8) is 0 Å². The zero-order valence-corrected chi connectivity index (χ0v) is 12.6. The van der Waals surface area contributed by atoms with Gasteiger partial charge in [0, 0.05) is 16.6 Å². The zero-order chi connectivity index (χ0) is 14.8. The number of hydrogen-bond donors (Lipinski definition) is 1. The molecule has 110 valence electrons. The van der Waals surface area contributed by atoms with Gasteiger partial charge < -0.3 is 10.1 Å². The molecule has 3 rings (SSSR count). The molecule has 1 aliphatic carbocycles. The van der Waals surface area contributed by atoms with Crippen molar-refractivity contribution in [3.8, 4) is 5.75 Å². The lowest BCUT2D eigenvalue weighted by atomic mass is 10.1. The van der Waals surface area contributed by atoms with Crippen LogP contribution in [0.25, 0.3) is 0 Å². The number of rotatable bonds is 4. The highest BCUT2D eigenvalue weighted by Gasteiger charge is 2.21. The summed E-state index contributed by atoms with van der Waals surface area (Å²) < 4.78 is 19.3. The van der Waals surface area contributed by atoms with Crippen molar-refractivity contribution in [1.29, 1.82) is 0 Å². The molecule has 0 saturated heterocycles. The molecule has 0 heterocycles. The summed E-state index contributed by atoms with van der Waals surface area (Å²) >= 11 is 5.88. The van der Waals surface area contributed by atoms with Gasteiger partial charge in [-0.2, -0.15) is 0 Å². The molecule has 0 aromatic heterocycles. The van der Waals surface area contributed by atoms with Crippen LogP contribution in [0.4, 0.5) is 4.39 Å². The van der Waals surface area contributed by atoms with Crippen LogP contribution in [0.15, 0.2) is 36.4 Å². The van der Waals surface area contributed by atoms with E-state index in [2.05, 4.69) is 17.4 Å². The molecule has 0 amide bonds. The molecule has 2 aromatic rings. The topological polar surface area (TPSA) is 21.3 Å². The van der Waals surface area contributed by atoms with Gasteiger partial charge in [0.05, 0.1) is 0 Å². The van der Waals surface area contributed by atoms with Crippen LogP contribution < -0.4 is 10.1 Å². The summed E-state index contributed by atoms with van der Waals surface area (Å²) in [4.78, 5) is 0. The van der Waals surface area contributed by atoms with E-state index in [9.17, 15) is 4.39 Å². The molecule has 0 bridgehead atoms. The first-order valence-electron chi connectivity index (χ1n) is 7.04. The van der Waals surface area contributed by atoms with Crippen molar-refractivity contribution in [2.45, 2.75) is 25.5 Å². The predicted molar refractivity (Wildman–Crippen MR) is 82.3 cm³/mol. The van der Waals surface area contributed by atoms with Crippen LogP contribution in [0, 0.1) is 5.82 Å². The summed E-state index contributed by atoms with van der Waals surface area (Å²) in [5, 5.41) is 3.82. The van der Waals surface area contributed by atoms with Gasteiger partial charge in [-0.1, -0.05) is 17.7 Å². The van der Waals surface area contributed by atoms with Crippen molar-refractivity contribution in [2.75, 3.05) is 7.05 Å². The summed E-state index contributed by atoms with van der Waals surface area (Å²) in [5.74, 6) is 0.473. The first-order chi connectivity index (χ1) is 10.2. The number of hydrogen-bond acceptors (Lipinski definition) is 2. The number of fused-ring (bicyclic) bond motifs is 1. The smallest absolute Gasteiger partial charge is 0.129 e. The minimum Gasteiger partial charge on any atom is -0.489 e. The maximum absolute atomic E-state index is 13.6. The van der Waals surface area contributed by atoms with E-state index in [0.717, 1.165) is 18.6 Å². The second-order valence-electron chi connectivity index (χ2n) is 5.26. The van der Waals surface area contributed by atoms with E-state index in [4.69, 9.17) is 16.3 Å². The highest BCUT2D eigenvalue weighted by atomic mass is 35.5. The van der Waals surface area contributed by atoms with E-state index in [-0.39, 0.29) is 12.4 Å². The van der Waals surface area contributed by atoms with E-state index >= 15 is 0 Å². The standard InChI is InChI=1S/C17H17ClFNO/c1-20-17-7-2-11-9-14(4-5-15(11)17)21-10-12-8-13(18)3-6-16(12)19/h3-6,8-9,17,20H,2,7,10H2,1H3. The van der Waals surface area contributed by atoms with Crippen molar-refractivity contribution < 1.29 is 9.13 Å². The predicted octanol–water partition coefficient (Wildman–Crippen LogP) is 4.26. The fourth-order valence-electron chi connectivity index (χ4n) is 2.80. The molecule has 4 heteroatoms. The Balaban J connectivity index is 1.73. The molecule has 1 unspecified atom stereocenters. The molecule has 2 nitrogen and oxygen atoms in total. The van der Waals surface area contributed by atoms with Gasteiger partial charge in [-0.05, 0) is 61.3 Å². The Morgan fingerprint density at radius 3 is 2.95 bits per heavy atom. The van der Waals surface area contributed by atoms with Gasteiger partial charge in [-0.3, -0.25) is 0 Å². The van der Waals surface area contributed by atoms with Crippen LogP contribution in [0.1, 0.15) is 29.2 Å². The SMILES string of the molecule is CNC1CCc2cc(OCc3cc(Cl)ccc3F)ccc21. The first-order valence-corrected chi connectivity index (χ1v) is 7.42. The number of nitrogens with one attached hydrogen (secondary N) is 1. The molecule has 0 saturated carbocycles. The summed E-state index contributed by atoms with van der Waals surface area (Å²) in [6.45, 7) is 0.181. The number of benzene rings is 2. The maximum atomic E-state index is 13.6. The minimum atomic E-state index is -0.296. The first kappa shape index (κ1) is 14.4. The summed E-state index contributed by atoms with van der Waals surface area (Å²) in [7, 11) is 1.98. The van der Waals surface area contributed by atoms with Crippen molar-refractivity contribution in [3.05, 3.63) is 63.9 Å². The van der Waals surface area contributed by atoms with Gasteiger partial charge in [0.1, 0.15) is 18.2 Å². The molecule has 1 aliphatic rings. The highest BCUT2D eigenvalue weighted by Crippen LogP contribution is 2.33. The van der Waals surface area contributed by atoms with Crippen LogP contribution >= 0.6 is 11.6 Å². The minimum absolute atomic E-state index is 0.181. The van der Waals surface area contributed by atoms with Crippen LogP contribution in [0.5, 0.6) is 5.75 Å². The second kappa shape index (κ2) is 6.04.